The second-order valence-electron chi connectivity index (χ2n) is 5.57. The Bertz CT molecular complexity index is 451. The molecule has 0 radical (unpaired) electrons. The fraction of sp³-hybridized carbons (Fsp3) is 0.500. The fourth-order valence-corrected chi connectivity index (χ4v) is 2.84. The average Bonchev–Trinajstić information content (AvgIpc) is 2.81. The molecule has 0 bridgehead atoms. The van der Waals surface area contributed by atoms with Crippen molar-refractivity contribution in [3.05, 3.63) is 29.8 Å². The van der Waals surface area contributed by atoms with Crippen molar-refractivity contribution in [2.24, 2.45) is 11.3 Å². The van der Waals surface area contributed by atoms with Crippen molar-refractivity contribution in [3.8, 4) is 0 Å². The van der Waals surface area contributed by atoms with E-state index < -0.39 is 5.97 Å². The summed E-state index contributed by atoms with van der Waals surface area (Å²) in [5.41, 5.74) is 2.13. The SMILES string of the molecule is CN(C)c1ccccc1[C@H]1[C@H](C(=O)O)C1(C)C. The Kier molecular flexibility index (Phi) is 2.64. The highest BCUT2D eigenvalue weighted by Gasteiger charge is 2.63. The number of carbonyl (C=O) groups is 1. The van der Waals surface area contributed by atoms with Crippen molar-refractivity contribution in [1.82, 2.24) is 0 Å². The third-order valence-electron chi connectivity index (χ3n) is 3.85. The molecule has 0 aliphatic heterocycles. The number of carboxylic acid groups (broad SMARTS) is 1. The Labute approximate surface area is 102 Å². The zero-order chi connectivity index (χ0) is 12.8. The number of hydrogen-bond acceptors (Lipinski definition) is 2. The number of para-hydroxylation sites is 1. The number of nitrogens with zero attached hydrogens (tertiary/aromatic N) is 1. The van der Waals surface area contributed by atoms with E-state index in [0.29, 0.717) is 0 Å². The van der Waals surface area contributed by atoms with Crippen LogP contribution in [0.25, 0.3) is 0 Å². The first-order chi connectivity index (χ1) is 7.87. The molecular formula is C14H19NO2. The Hall–Kier alpha value is -1.51. The van der Waals surface area contributed by atoms with Gasteiger partial charge in [0, 0.05) is 25.7 Å². The molecule has 3 heteroatoms. The highest BCUT2D eigenvalue weighted by Crippen LogP contribution is 2.65. The van der Waals surface area contributed by atoms with E-state index in [4.69, 9.17) is 0 Å². The van der Waals surface area contributed by atoms with Crippen molar-refractivity contribution >= 4 is 11.7 Å². The van der Waals surface area contributed by atoms with Crippen molar-refractivity contribution in [1.29, 1.82) is 0 Å². The van der Waals surface area contributed by atoms with Gasteiger partial charge in [0.2, 0.25) is 0 Å². The Morgan fingerprint density at radius 1 is 1.29 bits per heavy atom. The van der Waals surface area contributed by atoms with Gasteiger partial charge in [-0.1, -0.05) is 32.0 Å². The number of hydrogen-bond donors (Lipinski definition) is 1. The van der Waals surface area contributed by atoms with E-state index in [1.165, 1.54) is 0 Å². The summed E-state index contributed by atoms with van der Waals surface area (Å²) >= 11 is 0. The Morgan fingerprint density at radius 2 is 1.88 bits per heavy atom. The lowest BCUT2D eigenvalue weighted by atomic mass is 10.0. The van der Waals surface area contributed by atoms with Gasteiger partial charge >= 0.3 is 5.97 Å². The molecule has 1 fully saturated rings. The van der Waals surface area contributed by atoms with Crippen LogP contribution in [0.2, 0.25) is 0 Å². The van der Waals surface area contributed by atoms with E-state index in [9.17, 15) is 9.90 Å². The van der Waals surface area contributed by atoms with Crippen LogP contribution in [-0.2, 0) is 4.79 Å². The van der Waals surface area contributed by atoms with Gasteiger partial charge in [0.1, 0.15) is 0 Å². The average molecular weight is 233 g/mol. The van der Waals surface area contributed by atoms with Gasteiger partial charge in [-0.25, -0.2) is 0 Å². The summed E-state index contributed by atoms with van der Waals surface area (Å²) in [5.74, 6) is -0.823. The molecule has 0 spiro atoms. The van der Waals surface area contributed by atoms with E-state index in [2.05, 4.69) is 0 Å². The van der Waals surface area contributed by atoms with Gasteiger partial charge in [-0.3, -0.25) is 4.79 Å². The molecule has 3 nitrogen and oxygen atoms in total. The molecule has 0 heterocycles. The summed E-state index contributed by atoms with van der Waals surface area (Å²) in [7, 11) is 3.98. The number of rotatable bonds is 3. The van der Waals surface area contributed by atoms with Crippen LogP contribution >= 0.6 is 0 Å². The van der Waals surface area contributed by atoms with Gasteiger partial charge in [0.25, 0.3) is 0 Å². The minimum Gasteiger partial charge on any atom is -0.481 e. The molecule has 17 heavy (non-hydrogen) atoms. The zero-order valence-electron chi connectivity index (χ0n) is 10.8. The predicted molar refractivity (Wildman–Crippen MR) is 68.4 cm³/mol. The quantitative estimate of drug-likeness (QED) is 0.872. The lowest BCUT2D eigenvalue weighted by Crippen LogP contribution is -2.11. The Balaban J connectivity index is 2.40. The maximum Gasteiger partial charge on any atom is 0.307 e. The van der Waals surface area contributed by atoms with E-state index >= 15 is 0 Å². The lowest BCUT2D eigenvalue weighted by molar-refractivity contribution is -0.139. The van der Waals surface area contributed by atoms with Crippen LogP contribution in [0.1, 0.15) is 25.3 Å². The zero-order valence-corrected chi connectivity index (χ0v) is 10.8. The molecule has 0 aromatic heterocycles. The van der Waals surface area contributed by atoms with Crippen molar-refractivity contribution in [2.45, 2.75) is 19.8 Å². The second kappa shape index (κ2) is 3.76. The van der Waals surface area contributed by atoms with Gasteiger partial charge in [-0.2, -0.15) is 0 Å². The summed E-state index contributed by atoms with van der Waals surface area (Å²) < 4.78 is 0. The first-order valence-corrected chi connectivity index (χ1v) is 5.86. The van der Waals surface area contributed by atoms with Crippen LogP contribution in [0.15, 0.2) is 24.3 Å². The molecular weight excluding hydrogens is 214 g/mol. The number of aliphatic carboxylic acids is 1. The first kappa shape index (κ1) is 12.0. The molecule has 1 saturated carbocycles. The molecule has 1 aliphatic rings. The molecule has 0 saturated heterocycles. The second-order valence-corrected chi connectivity index (χ2v) is 5.57. The van der Waals surface area contributed by atoms with Crippen molar-refractivity contribution in [2.75, 3.05) is 19.0 Å². The van der Waals surface area contributed by atoms with Crippen LogP contribution in [0.5, 0.6) is 0 Å². The Morgan fingerprint density at radius 3 is 2.35 bits per heavy atom. The van der Waals surface area contributed by atoms with Crippen LogP contribution in [-0.4, -0.2) is 25.2 Å². The summed E-state index contributed by atoms with van der Waals surface area (Å²) in [6.45, 7) is 4.06. The van der Waals surface area contributed by atoms with E-state index in [1.807, 2.05) is 57.1 Å². The number of anilines is 1. The van der Waals surface area contributed by atoms with Gasteiger partial charge in [0.05, 0.1) is 5.92 Å². The van der Waals surface area contributed by atoms with E-state index in [0.717, 1.165) is 11.3 Å². The molecule has 0 unspecified atom stereocenters. The molecule has 1 aromatic carbocycles. The van der Waals surface area contributed by atoms with Gasteiger partial charge in [0.15, 0.2) is 0 Å². The van der Waals surface area contributed by atoms with Crippen molar-refractivity contribution in [3.63, 3.8) is 0 Å². The molecule has 2 rings (SSSR count). The molecule has 1 aromatic rings. The normalized spacial score (nSPS) is 25.4. The van der Waals surface area contributed by atoms with E-state index in [-0.39, 0.29) is 17.3 Å². The fourth-order valence-electron chi connectivity index (χ4n) is 2.84. The van der Waals surface area contributed by atoms with Crippen molar-refractivity contribution < 1.29 is 9.90 Å². The molecule has 0 amide bonds. The van der Waals surface area contributed by atoms with Gasteiger partial charge in [-0.15, -0.1) is 0 Å². The minimum absolute atomic E-state index is 0.124. The predicted octanol–water partition coefficient (Wildman–Crippen LogP) is 2.58. The largest absolute Gasteiger partial charge is 0.481 e. The molecule has 92 valence electrons. The summed E-state index contributed by atoms with van der Waals surface area (Å²) in [6, 6.07) is 8.06. The summed E-state index contributed by atoms with van der Waals surface area (Å²) in [5, 5.41) is 9.24. The molecule has 2 atom stereocenters. The monoisotopic (exact) mass is 233 g/mol. The number of benzene rings is 1. The lowest BCUT2D eigenvalue weighted by Gasteiger charge is -2.18. The van der Waals surface area contributed by atoms with E-state index in [1.54, 1.807) is 0 Å². The van der Waals surface area contributed by atoms with Crippen LogP contribution < -0.4 is 4.90 Å². The standard InChI is InChI=1S/C14H19NO2/c1-14(2)11(12(14)13(16)17)9-7-5-6-8-10(9)15(3)4/h5-8,11-12H,1-4H3,(H,16,17)/t11-,12+/m0/s1. The van der Waals surface area contributed by atoms with Crippen LogP contribution in [0.3, 0.4) is 0 Å². The maximum atomic E-state index is 11.2. The smallest absolute Gasteiger partial charge is 0.307 e. The highest BCUT2D eigenvalue weighted by molar-refractivity contribution is 5.79. The third kappa shape index (κ3) is 1.79. The van der Waals surface area contributed by atoms with Crippen LogP contribution in [0.4, 0.5) is 5.69 Å². The van der Waals surface area contributed by atoms with Gasteiger partial charge < -0.3 is 10.0 Å². The minimum atomic E-state index is -0.687. The number of carboxylic acids is 1. The third-order valence-corrected chi connectivity index (χ3v) is 3.85. The van der Waals surface area contributed by atoms with Gasteiger partial charge in [-0.05, 0) is 17.0 Å². The summed E-state index contributed by atoms with van der Waals surface area (Å²) in [6.07, 6.45) is 0. The first-order valence-electron chi connectivity index (χ1n) is 5.86. The maximum absolute atomic E-state index is 11.2. The summed E-state index contributed by atoms with van der Waals surface area (Å²) in [4.78, 5) is 13.3. The van der Waals surface area contributed by atoms with Crippen LogP contribution in [0, 0.1) is 11.3 Å². The topological polar surface area (TPSA) is 40.5 Å². The highest BCUT2D eigenvalue weighted by atomic mass is 16.4. The molecule has 1 N–H and O–H groups in total. The molecule has 1 aliphatic carbocycles.